The molecule has 2 saturated heterocycles. The maximum absolute atomic E-state index is 10.8. The van der Waals surface area contributed by atoms with E-state index in [1.54, 1.807) is 0 Å². The van der Waals surface area contributed by atoms with Gasteiger partial charge in [-0.25, -0.2) is 0 Å². The molecule has 1 atom stereocenters. The minimum atomic E-state index is -0.717. The zero-order valence-corrected chi connectivity index (χ0v) is 10.2. The highest BCUT2D eigenvalue weighted by Crippen LogP contribution is 2.25. The number of nitrogens with zero attached hydrogens (tertiary/aromatic N) is 1. The van der Waals surface area contributed by atoms with Crippen molar-refractivity contribution in [2.45, 2.75) is 31.3 Å². The smallest absolute Gasteiger partial charge is 0.305 e. The molecule has 0 aliphatic carbocycles. The molecular weight excluding hydrogens is 226 g/mol. The Morgan fingerprint density at radius 1 is 1.44 bits per heavy atom. The predicted octanol–water partition coefficient (Wildman–Crippen LogP) is 1.06. The van der Waals surface area contributed by atoms with Crippen molar-refractivity contribution >= 4 is 17.7 Å². The molecule has 0 bridgehead atoms. The van der Waals surface area contributed by atoms with Gasteiger partial charge in [0.05, 0.1) is 19.6 Å². The first-order valence-corrected chi connectivity index (χ1v) is 7.06. The third-order valence-electron chi connectivity index (χ3n) is 3.34. The van der Waals surface area contributed by atoms with Crippen LogP contribution in [0.25, 0.3) is 0 Å². The summed E-state index contributed by atoms with van der Waals surface area (Å²) in [5.74, 6) is 1.70. The summed E-state index contributed by atoms with van der Waals surface area (Å²) in [7, 11) is 0. The van der Waals surface area contributed by atoms with Crippen LogP contribution in [0.5, 0.6) is 0 Å². The standard InChI is InChI=1S/C11H19NO3S/c13-11(14)7-10-8-15-4-3-12(10)9-1-5-16-6-2-9/h9-10H,1-8H2,(H,13,14). The molecule has 0 spiro atoms. The molecule has 16 heavy (non-hydrogen) atoms. The van der Waals surface area contributed by atoms with Gasteiger partial charge in [0, 0.05) is 18.6 Å². The van der Waals surface area contributed by atoms with Crippen molar-refractivity contribution in [2.75, 3.05) is 31.3 Å². The van der Waals surface area contributed by atoms with Crippen LogP contribution >= 0.6 is 11.8 Å². The van der Waals surface area contributed by atoms with Crippen molar-refractivity contribution in [1.29, 1.82) is 0 Å². The fourth-order valence-electron chi connectivity index (χ4n) is 2.54. The highest BCUT2D eigenvalue weighted by atomic mass is 32.2. The van der Waals surface area contributed by atoms with Crippen molar-refractivity contribution in [2.24, 2.45) is 0 Å². The second-order valence-corrected chi connectivity index (χ2v) is 5.63. The van der Waals surface area contributed by atoms with Gasteiger partial charge in [-0.3, -0.25) is 9.69 Å². The number of carbonyl (C=O) groups is 1. The summed E-state index contributed by atoms with van der Waals surface area (Å²) >= 11 is 2.00. The fourth-order valence-corrected chi connectivity index (χ4v) is 3.62. The van der Waals surface area contributed by atoms with E-state index in [0.29, 0.717) is 12.6 Å². The second kappa shape index (κ2) is 5.89. The van der Waals surface area contributed by atoms with E-state index in [9.17, 15) is 4.79 Å². The number of carboxylic acid groups (broad SMARTS) is 1. The number of morpholine rings is 1. The number of ether oxygens (including phenoxy) is 1. The predicted molar refractivity (Wildman–Crippen MR) is 63.9 cm³/mol. The third-order valence-corrected chi connectivity index (χ3v) is 4.39. The van der Waals surface area contributed by atoms with Crippen LogP contribution in [0.4, 0.5) is 0 Å². The van der Waals surface area contributed by atoms with E-state index in [0.717, 1.165) is 13.2 Å². The number of hydrogen-bond acceptors (Lipinski definition) is 4. The monoisotopic (exact) mass is 245 g/mol. The molecular formula is C11H19NO3S. The van der Waals surface area contributed by atoms with Gasteiger partial charge in [-0.2, -0.15) is 11.8 Å². The molecule has 0 amide bonds. The molecule has 4 nitrogen and oxygen atoms in total. The van der Waals surface area contributed by atoms with Crippen LogP contribution in [0.2, 0.25) is 0 Å². The highest BCUT2D eigenvalue weighted by Gasteiger charge is 2.31. The van der Waals surface area contributed by atoms with E-state index in [-0.39, 0.29) is 12.5 Å². The summed E-state index contributed by atoms with van der Waals surface area (Å²) in [5.41, 5.74) is 0. The summed E-state index contributed by atoms with van der Waals surface area (Å²) in [6.45, 7) is 2.23. The molecule has 0 aromatic rings. The Kier molecular flexibility index (Phi) is 4.49. The first kappa shape index (κ1) is 12.2. The van der Waals surface area contributed by atoms with Gasteiger partial charge in [0.25, 0.3) is 0 Å². The summed E-state index contributed by atoms with van der Waals surface area (Å²) in [6, 6.07) is 0.661. The van der Waals surface area contributed by atoms with Crippen LogP contribution in [0, 0.1) is 0 Å². The van der Waals surface area contributed by atoms with Crippen molar-refractivity contribution in [3.05, 3.63) is 0 Å². The summed E-state index contributed by atoms with van der Waals surface area (Å²) in [4.78, 5) is 13.2. The van der Waals surface area contributed by atoms with Crippen LogP contribution in [0.15, 0.2) is 0 Å². The van der Waals surface area contributed by atoms with E-state index in [1.807, 2.05) is 11.8 Å². The molecule has 2 aliphatic heterocycles. The number of rotatable bonds is 3. The Balaban J connectivity index is 1.94. The molecule has 2 aliphatic rings. The number of thioether (sulfide) groups is 1. The van der Waals surface area contributed by atoms with Gasteiger partial charge in [-0.15, -0.1) is 0 Å². The maximum atomic E-state index is 10.8. The van der Waals surface area contributed by atoms with Crippen LogP contribution < -0.4 is 0 Å². The molecule has 92 valence electrons. The lowest BCUT2D eigenvalue weighted by atomic mass is 10.0. The first-order valence-electron chi connectivity index (χ1n) is 5.90. The van der Waals surface area contributed by atoms with Gasteiger partial charge >= 0.3 is 5.97 Å². The average molecular weight is 245 g/mol. The average Bonchev–Trinajstić information content (AvgIpc) is 2.30. The van der Waals surface area contributed by atoms with Crippen LogP contribution in [-0.4, -0.2) is 59.3 Å². The zero-order chi connectivity index (χ0) is 11.4. The fraction of sp³-hybridized carbons (Fsp3) is 0.909. The van der Waals surface area contributed by atoms with Gasteiger partial charge in [0.15, 0.2) is 0 Å². The van der Waals surface area contributed by atoms with Gasteiger partial charge in [-0.05, 0) is 24.3 Å². The van der Waals surface area contributed by atoms with E-state index < -0.39 is 5.97 Å². The molecule has 0 aromatic heterocycles. The van der Waals surface area contributed by atoms with Gasteiger partial charge < -0.3 is 9.84 Å². The van der Waals surface area contributed by atoms with Gasteiger partial charge in [0.1, 0.15) is 0 Å². The van der Waals surface area contributed by atoms with Gasteiger partial charge in [0.2, 0.25) is 0 Å². The quantitative estimate of drug-likeness (QED) is 0.805. The number of hydrogen-bond donors (Lipinski definition) is 1. The summed E-state index contributed by atoms with van der Waals surface area (Å²) in [6.07, 6.45) is 2.60. The molecule has 2 heterocycles. The topological polar surface area (TPSA) is 49.8 Å². The molecule has 1 unspecified atom stereocenters. The van der Waals surface area contributed by atoms with Crippen LogP contribution in [-0.2, 0) is 9.53 Å². The Labute approximate surface area is 100 Å². The lowest BCUT2D eigenvalue weighted by Gasteiger charge is -2.41. The molecule has 0 radical (unpaired) electrons. The molecule has 2 rings (SSSR count). The van der Waals surface area contributed by atoms with Gasteiger partial charge in [-0.1, -0.05) is 0 Å². The minimum absolute atomic E-state index is 0.0827. The Morgan fingerprint density at radius 2 is 2.19 bits per heavy atom. The lowest BCUT2D eigenvalue weighted by molar-refractivity contribution is -0.141. The van der Waals surface area contributed by atoms with E-state index >= 15 is 0 Å². The Morgan fingerprint density at radius 3 is 2.88 bits per heavy atom. The van der Waals surface area contributed by atoms with Crippen LogP contribution in [0.3, 0.4) is 0 Å². The van der Waals surface area contributed by atoms with E-state index in [4.69, 9.17) is 9.84 Å². The molecule has 1 N–H and O–H groups in total. The second-order valence-electron chi connectivity index (χ2n) is 4.41. The van der Waals surface area contributed by atoms with Crippen molar-refractivity contribution in [3.8, 4) is 0 Å². The highest BCUT2D eigenvalue weighted by molar-refractivity contribution is 7.99. The zero-order valence-electron chi connectivity index (χ0n) is 9.43. The first-order chi connectivity index (χ1) is 7.77. The molecule has 0 aromatic carbocycles. The lowest BCUT2D eigenvalue weighted by Crippen LogP contribution is -2.52. The molecule has 2 fully saturated rings. The Hall–Kier alpha value is -0.260. The van der Waals surface area contributed by atoms with Crippen molar-refractivity contribution < 1.29 is 14.6 Å². The van der Waals surface area contributed by atoms with Crippen molar-refractivity contribution in [1.82, 2.24) is 4.90 Å². The van der Waals surface area contributed by atoms with Crippen molar-refractivity contribution in [3.63, 3.8) is 0 Å². The summed E-state index contributed by atoms with van der Waals surface area (Å²) < 4.78 is 5.39. The van der Waals surface area contributed by atoms with E-state index in [1.165, 1.54) is 24.3 Å². The minimum Gasteiger partial charge on any atom is -0.481 e. The third kappa shape index (κ3) is 3.12. The summed E-state index contributed by atoms with van der Waals surface area (Å²) in [5, 5.41) is 8.90. The van der Waals surface area contributed by atoms with E-state index in [2.05, 4.69) is 4.90 Å². The Bertz CT molecular complexity index is 243. The SMILES string of the molecule is O=C(O)CC1COCCN1C1CCSCC1. The largest absolute Gasteiger partial charge is 0.481 e. The normalized spacial score (nSPS) is 29.1. The molecule has 5 heteroatoms. The number of aliphatic carboxylic acids is 1. The van der Waals surface area contributed by atoms with Crippen LogP contribution in [0.1, 0.15) is 19.3 Å². The number of carboxylic acids is 1. The maximum Gasteiger partial charge on any atom is 0.305 e. The molecule has 0 saturated carbocycles.